The van der Waals surface area contributed by atoms with Crippen molar-refractivity contribution in [3.63, 3.8) is 0 Å². The van der Waals surface area contributed by atoms with E-state index >= 15 is 0 Å². The molecule has 1 heterocycles. The predicted octanol–water partition coefficient (Wildman–Crippen LogP) is 1.34. The predicted molar refractivity (Wildman–Crippen MR) is 48.1 cm³/mol. The van der Waals surface area contributed by atoms with Gasteiger partial charge >= 0.3 is 6.18 Å². The van der Waals surface area contributed by atoms with Crippen molar-refractivity contribution < 1.29 is 13.2 Å². The van der Waals surface area contributed by atoms with Crippen molar-refractivity contribution in [3.05, 3.63) is 11.9 Å². The van der Waals surface area contributed by atoms with E-state index in [0.29, 0.717) is 12.2 Å². The van der Waals surface area contributed by atoms with Crippen LogP contribution in [0.25, 0.3) is 0 Å². The fraction of sp³-hybridized carbons (Fsp3) is 0.750. The number of hydrogen-bond donors (Lipinski definition) is 1. The van der Waals surface area contributed by atoms with Gasteiger partial charge in [0.15, 0.2) is 0 Å². The van der Waals surface area contributed by atoms with Gasteiger partial charge in [-0.3, -0.25) is 4.68 Å². The van der Waals surface area contributed by atoms with Crippen LogP contribution in [0.4, 0.5) is 13.2 Å². The molecule has 4 nitrogen and oxygen atoms in total. The number of alkyl halides is 3. The summed E-state index contributed by atoms with van der Waals surface area (Å²) >= 11 is 0. The molecule has 86 valence electrons. The highest BCUT2D eigenvalue weighted by atomic mass is 19.4. The molecular weight excluding hydrogens is 209 g/mol. The highest BCUT2D eigenvalue weighted by Crippen LogP contribution is 2.19. The lowest BCUT2D eigenvalue weighted by Gasteiger charge is -2.04. The Morgan fingerprint density at radius 3 is 2.80 bits per heavy atom. The molecule has 0 amide bonds. The molecule has 1 aromatic heterocycles. The normalized spacial score (nSPS) is 12.0. The van der Waals surface area contributed by atoms with E-state index in [-0.39, 0.29) is 6.54 Å². The minimum Gasteiger partial charge on any atom is -0.311 e. The number of nitrogens with zero attached hydrogens (tertiary/aromatic N) is 3. The van der Waals surface area contributed by atoms with Crippen LogP contribution in [-0.2, 0) is 13.1 Å². The topological polar surface area (TPSA) is 42.7 Å². The van der Waals surface area contributed by atoms with Gasteiger partial charge in [-0.1, -0.05) is 12.1 Å². The second-order valence-corrected chi connectivity index (χ2v) is 3.12. The number of halogens is 3. The van der Waals surface area contributed by atoms with E-state index in [1.165, 1.54) is 10.9 Å². The van der Waals surface area contributed by atoms with Crippen LogP contribution in [0.2, 0.25) is 0 Å². The van der Waals surface area contributed by atoms with Crippen LogP contribution < -0.4 is 5.32 Å². The Hall–Kier alpha value is -1.11. The molecule has 0 radical (unpaired) electrons. The maximum atomic E-state index is 11.9. The van der Waals surface area contributed by atoms with Crippen molar-refractivity contribution in [2.24, 2.45) is 0 Å². The zero-order valence-corrected chi connectivity index (χ0v) is 8.38. The van der Waals surface area contributed by atoms with Gasteiger partial charge in [-0.2, -0.15) is 13.2 Å². The smallest absolute Gasteiger partial charge is 0.311 e. The average Bonchev–Trinajstić information content (AvgIpc) is 2.58. The van der Waals surface area contributed by atoms with Crippen LogP contribution in [0.15, 0.2) is 6.20 Å². The van der Waals surface area contributed by atoms with Crippen molar-refractivity contribution in [1.82, 2.24) is 20.3 Å². The molecule has 1 aromatic rings. The van der Waals surface area contributed by atoms with Crippen LogP contribution in [0.5, 0.6) is 0 Å². The van der Waals surface area contributed by atoms with E-state index in [9.17, 15) is 13.2 Å². The molecule has 0 spiro atoms. The highest BCUT2D eigenvalue weighted by molar-refractivity contribution is 4.91. The van der Waals surface area contributed by atoms with Crippen molar-refractivity contribution in [1.29, 1.82) is 0 Å². The fourth-order valence-corrected chi connectivity index (χ4v) is 1.02. The minimum absolute atomic E-state index is 0.178. The first kappa shape index (κ1) is 12.0. The summed E-state index contributed by atoms with van der Waals surface area (Å²) in [5.41, 5.74) is 0.652. The maximum absolute atomic E-state index is 11.9. The second-order valence-electron chi connectivity index (χ2n) is 3.12. The third-order valence-corrected chi connectivity index (χ3v) is 1.77. The van der Waals surface area contributed by atoms with Gasteiger partial charge < -0.3 is 5.32 Å². The fourth-order valence-electron chi connectivity index (χ4n) is 1.02. The van der Waals surface area contributed by atoms with E-state index in [2.05, 4.69) is 15.6 Å². The van der Waals surface area contributed by atoms with Crippen LogP contribution in [0.3, 0.4) is 0 Å². The summed E-state index contributed by atoms with van der Waals surface area (Å²) in [7, 11) is 0. The first-order chi connectivity index (χ1) is 7.01. The Morgan fingerprint density at radius 2 is 2.20 bits per heavy atom. The lowest BCUT2D eigenvalue weighted by Crippen LogP contribution is -2.13. The Kier molecular flexibility index (Phi) is 4.07. The molecule has 0 saturated carbocycles. The van der Waals surface area contributed by atoms with E-state index < -0.39 is 12.6 Å². The Balaban J connectivity index is 2.39. The lowest BCUT2D eigenvalue weighted by molar-refractivity contribution is -0.137. The van der Waals surface area contributed by atoms with Crippen molar-refractivity contribution >= 4 is 0 Å². The molecule has 0 unspecified atom stereocenters. The summed E-state index contributed by atoms with van der Waals surface area (Å²) in [5, 5.41) is 10.3. The quantitative estimate of drug-likeness (QED) is 0.817. The molecule has 0 aliphatic carbocycles. The van der Waals surface area contributed by atoms with Crippen LogP contribution in [0.1, 0.15) is 19.0 Å². The molecule has 1 N–H and O–H groups in total. The first-order valence-corrected chi connectivity index (χ1v) is 4.67. The molecule has 7 heteroatoms. The minimum atomic E-state index is -4.15. The Morgan fingerprint density at radius 1 is 1.47 bits per heavy atom. The van der Waals surface area contributed by atoms with Gasteiger partial charge in [0.25, 0.3) is 0 Å². The third-order valence-electron chi connectivity index (χ3n) is 1.77. The zero-order valence-electron chi connectivity index (χ0n) is 8.38. The molecule has 0 bridgehead atoms. The van der Waals surface area contributed by atoms with Gasteiger partial charge in [-0.15, -0.1) is 5.10 Å². The molecule has 1 rings (SSSR count). The number of rotatable bonds is 5. The van der Waals surface area contributed by atoms with Crippen LogP contribution in [0, 0.1) is 0 Å². The van der Waals surface area contributed by atoms with Gasteiger partial charge in [0.1, 0.15) is 0 Å². The van der Waals surface area contributed by atoms with E-state index in [4.69, 9.17) is 0 Å². The van der Waals surface area contributed by atoms with Crippen molar-refractivity contribution in [3.8, 4) is 0 Å². The van der Waals surface area contributed by atoms with E-state index in [0.717, 1.165) is 6.54 Å². The summed E-state index contributed by atoms with van der Waals surface area (Å²) in [6.07, 6.45) is -3.50. The summed E-state index contributed by atoms with van der Waals surface area (Å²) < 4.78 is 36.8. The Bertz CT molecular complexity index is 294. The molecule has 0 saturated heterocycles. The van der Waals surface area contributed by atoms with Crippen LogP contribution >= 0.6 is 0 Å². The largest absolute Gasteiger partial charge is 0.390 e. The summed E-state index contributed by atoms with van der Waals surface area (Å²) in [6, 6.07) is 0. The van der Waals surface area contributed by atoms with Crippen molar-refractivity contribution in [2.75, 3.05) is 6.54 Å². The SMILES string of the molecule is CCNCc1cn(CCC(F)(F)F)nn1. The summed E-state index contributed by atoms with van der Waals surface area (Å²) in [6.45, 7) is 3.08. The average molecular weight is 222 g/mol. The standard InChI is InChI=1S/C8H13F3N4/c1-2-12-5-7-6-15(14-13-7)4-3-8(9,10)11/h6,12H,2-5H2,1H3. The lowest BCUT2D eigenvalue weighted by atomic mass is 10.4. The first-order valence-electron chi connectivity index (χ1n) is 4.67. The number of nitrogens with one attached hydrogen (secondary N) is 1. The van der Waals surface area contributed by atoms with E-state index in [1.807, 2.05) is 6.92 Å². The highest BCUT2D eigenvalue weighted by Gasteiger charge is 2.26. The van der Waals surface area contributed by atoms with Gasteiger partial charge in [0.2, 0.25) is 0 Å². The summed E-state index contributed by atoms with van der Waals surface area (Å²) in [4.78, 5) is 0. The van der Waals surface area contributed by atoms with Gasteiger partial charge in [0, 0.05) is 12.7 Å². The number of aromatic nitrogens is 3. The number of hydrogen-bond acceptors (Lipinski definition) is 3. The van der Waals surface area contributed by atoms with Gasteiger partial charge in [-0.25, -0.2) is 0 Å². The molecule has 0 aliphatic heterocycles. The van der Waals surface area contributed by atoms with Crippen molar-refractivity contribution in [2.45, 2.75) is 32.6 Å². The molecule has 0 atom stereocenters. The second kappa shape index (κ2) is 5.11. The summed E-state index contributed by atoms with van der Waals surface area (Å²) in [5.74, 6) is 0. The molecule has 0 aliphatic rings. The van der Waals surface area contributed by atoms with Gasteiger partial charge in [0.05, 0.1) is 18.7 Å². The third kappa shape index (κ3) is 4.78. The number of aryl methyl sites for hydroxylation is 1. The molecular formula is C8H13F3N4. The van der Waals surface area contributed by atoms with Gasteiger partial charge in [-0.05, 0) is 6.54 Å². The monoisotopic (exact) mass is 222 g/mol. The Labute approximate surface area is 85.5 Å². The molecule has 0 aromatic carbocycles. The van der Waals surface area contributed by atoms with Crippen LogP contribution in [-0.4, -0.2) is 27.7 Å². The van der Waals surface area contributed by atoms with E-state index in [1.54, 1.807) is 0 Å². The molecule has 0 fully saturated rings. The maximum Gasteiger partial charge on any atom is 0.390 e. The zero-order chi connectivity index (χ0) is 11.3. The molecule has 15 heavy (non-hydrogen) atoms.